The van der Waals surface area contributed by atoms with Crippen molar-refractivity contribution in [2.45, 2.75) is 26.3 Å². The molecule has 1 unspecified atom stereocenters. The van der Waals surface area contributed by atoms with Crippen molar-refractivity contribution in [3.63, 3.8) is 0 Å². The molecule has 1 aromatic heterocycles. The van der Waals surface area contributed by atoms with E-state index in [1.54, 1.807) is 11.3 Å². The van der Waals surface area contributed by atoms with Crippen LogP contribution >= 0.6 is 38.9 Å². The summed E-state index contributed by atoms with van der Waals surface area (Å²) in [4.78, 5) is 2.29. The van der Waals surface area contributed by atoms with Crippen LogP contribution in [0.5, 0.6) is 0 Å². The summed E-state index contributed by atoms with van der Waals surface area (Å²) in [5, 5.41) is 3.89. The van der Waals surface area contributed by atoms with Crippen LogP contribution in [0, 0.1) is 5.82 Å². The average Bonchev–Trinajstić information content (AvgIpc) is 2.84. The zero-order valence-electron chi connectivity index (χ0n) is 11.3. The van der Waals surface area contributed by atoms with Gasteiger partial charge in [-0.25, -0.2) is 4.39 Å². The molecule has 0 aliphatic carbocycles. The van der Waals surface area contributed by atoms with Gasteiger partial charge in [-0.05, 0) is 60.1 Å². The number of nitrogens with one attached hydrogen (secondary N) is 1. The van der Waals surface area contributed by atoms with Gasteiger partial charge in [-0.2, -0.15) is 0 Å². The van der Waals surface area contributed by atoms with E-state index in [1.165, 1.54) is 17.0 Å². The Morgan fingerprint density at radius 1 is 1.40 bits per heavy atom. The number of hydrogen-bond acceptors (Lipinski definition) is 2. The summed E-state index contributed by atoms with van der Waals surface area (Å²) in [5.41, 5.74) is 0.854. The van der Waals surface area contributed by atoms with E-state index in [0.717, 1.165) is 23.4 Å². The van der Waals surface area contributed by atoms with Crippen molar-refractivity contribution in [1.82, 2.24) is 5.32 Å². The van der Waals surface area contributed by atoms with Crippen LogP contribution in [0.1, 0.15) is 31.2 Å². The lowest BCUT2D eigenvalue weighted by atomic mass is 10.2. The predicted octanol–water partition coefficient (Wildman–Crippen LogP) is 6.03. The molecular weight excluding hydrogens is 361 g/mol. The Labute approximate surface area is 136 Å². The molecule has 2 rings (SSSR count). The van der Waals surface area contributed by atoms with Gasteiger partial charge in [-0.1, -0.05) is 18.5 Å². The lowest BCUT2D eigenvalue weighted by molar-refractivity contribution is 0.578. The SMILES string of the molecule is CCCNC(C)c1ccc(-c2c(Cl)cc(F)cc2Br)s1. The molecule has 0 bridgehead atoms. The lowest BCUT2D eigenvalue weighted by Crippen LogP contribution is -2.18. The maximum absolute atomic E-state index is 13.3. The quantitative estimate of drug-likeness (QED) is 0.671. The van der Waals surface area contributed by atoms with Crippen LogP contribution in [-0.2, 0) is 0 Å². The smallest absolute Gasteiger partial charge is 0.125 e. The number of rotatable bonds is 5. The monoisotopic (exact) mass is 375 g/mol. The number of thiophene rings is 1. The third kappa shape index (κ3) is 3.61. The molecule has 0 saturated carbocycles. The maximum atomic E-state index is 13.3. The summed E-state index contributed by atoms with van der Waals surface area (Å²) < 4.78 is 14.0. The highest BCUT2D eigenvalue weighted by atomic mass is 79.9. The van der Waals surface area contributed by atoms with Gasteiger partial charge in [-0.15, -0.1) is 11.3 Å². The van der Waals surface area contributed by atoms with Crippen LogP contribution in [0.25, 0.3) is 10.4 Å². The van der Waals surface area contributed by atoms with E-state index in [1.807, 2.05) is 6.07 Å². The van der Waals surface area contributed by atoms with Crippen LogP contribution in [0.2, 0.25) is 5.02 Å². The van der Waals surface area contributed by atoms with Crippen LogP contribution < -0.4 is 5.32 Å². The third-order valence-corrected chi connectivity index (χ3v) is 5.22. The van der Waals surface area contributed by atoms with Gasteiger partial charge in [0.25, 0.3) is 0 Å². The molecule has 0 radical (unpaired) electrons. The Balaban J connectivity index is 2.29. The van der Waals surface area contributed by atoms with Crippen molar-refractivity contribution in [3.8, 4) is 10.4 Å². The molecule has 0 aliphatic heterocycles. The number of hydrogen-bond donors (Lipinski definition) is 1. The first-order valence-corrected chi connectivity index (χ1v) is 8.49. The van der Waals surface area contributed by atoms with Gasteiger partial charge in [-0.3, -0.25) is 0 Å². The van der Waals surface area contributed by atoms with Crippen LogP contribution in [0.4, 0.5) is 4.39 Å². The summed E-state index contributed by atoms with van der Waals surface area (Å²) in [5.74, 6) is -0.333. The van der Waals surface area contributed by atoms with Gasteiger partial charge in [0.1, 0.15) is 5.82 Å². The van der Waals surface area contributed by atoms with Crippen molar-refractivity contribution in [2.24, 2.45) is 0 Å². The number of benzene rings is 1. The van der Waals surface area contributed by atoms with Crippen molar-refractivity contribution in [3.05, 3.63) is 44.5 Å². The first-order chi connectivity index (χ1) is 9.52. The van der Waals surface area contributed by atoms with E-state index < -0.39 is 0 Å². The maximum Gasteiger partial charge on any atom is 0.125 e. The van der Waals surface area contributed by atoms with Gasteiger partial charge in [0.05, 0.1) is 5.02 Å². The van der Waals surface area contributed by atoms with Gasteiger partial charge < -0.3 is 5.32 Å². The topological polar surface area (TPSA) is 12.0 Å². The summed E-state index contributed by atoms with van der Waals surface area (Å²) in [7, 11) is 0. The standard InChI is InChI=1S/C15H16BrClFNS/c1-3-6-19-9(2)13-4-5-14(20-13)15-11(16)7-10(18)8-12(15)17/h4-5,7-9,19H,3,6H2,1-2H3. The first-order valence-electron chi connectivity index (χ1n) is 6.51. The predicted molar refractivity (Wildman–Crippen MR) is 89.1 cm³/mol. The van der Waals surface area contributed by atoms with Gasteiger partial charge in [0, 0.05) is 25.8 Å². The summed E-state index contributed by atoms with van der Waals surface area (Å²) in [6.07, 6.45) is 1.11. The molecular formula is C15H16BrClFNS. The summed E-state index contributed by atoms with van der Waals surface area (Å²) in [6, 6.07) is 7.24. The first kappa shape index (κ1) is 16.0. The highest BCUT2D eigenvalue weighted by molar-refractivity contribution is 9.10. The third-order valence-electron chi connectivity index (χ3n) is 3.01. The average molecular weight is 377 g/mol. The second-order valence-corrected chi connectivity index (χ2v) is 7.00. The van der Waals surface area contributed by atoms with Crippen molar-refractivity contribution >= 4 is 38.9 Å². The molecule has 5 heteroatoms. The molecule has 1 atom stereocenters. The van der Waals surface area contributed by atoms with E-state index in [2.05, 4.69) is 41.2 Å². The molecule has 2 aromatic rings. The molecule has 0 saturated heterocycles. The Morgan fingerprint density at radius 2 is 2.15 bits per heavy atom. The Hall–Kier alpha value is -0.420. The van der Waals surface area contributed by atoms with E-state index in [9.17, 15) is 4.39 Å². The van der Waals surface area contributed by atoms with Crippen LogP contribution in [0.15, 0.2) is 28.7 Å². The van der Waals surface area contributed by atoms with E-state index >= 15 is 0 Å². The van der Waals surface area contributed by atoms with Crippen LogP contribution in [-0.4, -0.2) is 6.54 Å². The minimum Gasteiger partial charge on any atom is -0.309 e. The molecule has 20 heavy (non-hydrogen) atoms. The zero-order chi connectivity index (χ0) is 14.7. The second kappa shape index (κ2) is 7.03. The van der Waals surface area contributed by atoms with Crippen molar-refractivity contribution in [1.29, 1.82) is 0 Å². The molecule has 0 amide bonds. The molecule has 1 aromatic carbocycles. The fourth-order valence-corrected chi connectivity index (χ4v) is 4.32. The van der Waals surface area contributed by atoms with Crippen molar-refractivity contribution < 1.29 is 4.39 Å². The molecule has 1 N–H and O–H groups in total. The summed E-state index contributed by atoms with van der Waals surface area (Å²) in [6.45, 7) is 5.29. The fourth-order valence-electron chi connectivity index (χ4n) is 1.96. The summed E-state index contributed by atoms with van der Waals surface area (Å²) >= 11 is 11.2. The van der Waals surface area contributed by atoms with Gasteiger partial charge in [0.15, 0.2) is 0 Å². The molecule has 0 spiro atoms. The van der Waals surface area contributed by atoms with Crippen LogP contribution in [0.3, 0.4) is 0 Å². The Morgan fingerprint density at radius 3 is 2.80 bits per heavy atom. The minimum atomic E-state index is -0.333. The largest absolute Gasteiger partial charge is 0.309 e. The van der Waals surface area contributed by atoms with E-state index in [4.69, 9.17) is 11.6 Å². The minimum absolute atomic E-state index is 0.312. The highest BCUT2D eigenvalue weighted by Gasteiger charge is 2.14. The number of halogens is 3. The van der Waals surface area contributed by atoms with E-state index in [-0.39, 0.29) is 5.82 Å². The Kier molecular flexibility index (Phi) is 5.61. The fraction of sp³-hybridized carbons (Fsp3) is 0.333. The Bertz CT molecular complexity index is 576. The normalized spacial score (nSPS) is 12.7. The van der Waals surface area contributed by atoms with E-state index in [0.29, 0.717) is 15.5 Å². The lowest BCUT2D eigenvalue weighted by Gasteiger charge is -2.10. The molecule has 1 heterocycles. The molecule has 0 aliphatic rings. The van der Waals surface area contributed by atoms with Crippen molar-refractivity contribution in [2.75, 3.05) is 6.54 Å². The molecule has 0 fully saturated rings. The van der Waals surface area contributed by atoms with Gasteiger partial charge >= 0.3 is 0 Å². The molecule has 108 valence electrons. The molecule has 1 nitrogen and oxygen atoms in total. The van der Waals surface area contributed by atoms with Gasteiger partial charge in [0.2, 0.25) is 0 Å². The zero-order valence-corrected chi connectivity index (χ0v) is 14.5. The second-order valence-electron chi connectivity index (χ2n) is 4.62. The highest BCUT2D eigenvalue weighted by Crippen LogP contribution is 2.40.